The first-order valence-electron chi connectivity index (χ1n) is 4.98. The number of aryl methyl sites for hydroxylation is 1. The van der Waals surface area contributed by atoms with Gasteiger partial charge in [0, 0.05) is 12.7 Å². The number of benzene rings is 1. The van der Waals surface area contributed by atoms with E-state index in [-0.39, 0.29) is 0 Å². The number of anilines is 1. The third-order valence-corrected chi connectivity index (χ3v) is 2.41. The van der Waals surface area contributed by atoms with Crippen molar-refractivity contribution in [2.24, 2.45) is 0 Å². The molecule has 3 heteroatoms. The first kappa shape index (κ1) is 11.6. The molecule has 0 unspecified atom stereocenters. The maximum atomic E-state index is 10.7. The monoisotopic (exact) mass is 206 g/mol. The average molecular weight is 206 g/mol. The molecule has 0 spiro atoms. The van der Waals surface area contributed by atoms with E-state index in [0.717, 1.165) is 16.0 Å². The zero-order valence-corrected chi connectivity index (χ0v) is 9.57. The Bertz CT molecular complexity index is 372. The Hall–Kier alpha value is -1.51. The second-order valence-corrected chi connectivity index (χ2v) is 4.08. The zero-order chi connectivity index (χ0) is 11.6. The molecule has 0 aliphatic heterocycles. The van der Waals surface area contributed by atoms with Gasteiger partial charge in [-0.3, -0.25) is 0 Å². The van der Waals surface area contributed by atoms with Gasteiger partial charge in [-0.1, -0.05) is 19.9 Å². The molecule has 0 bridgehead atoms. The molecule has 0 N–H and O–H groups in total. The Morgan fingerprint density at radius 2 is 1.93 bits per heavy atom. The van der Waals surface area contributed by atoms with Crippen molar-refractivity contribution in [1.82, 2.24) is 0 Å². The molecule has 0 aromatic heterocycles. The van der Waals surface area contributed by atoms with Gasteiger partial charge >= 0.3 is 0 Å². The molecule has 0 aliphatic rings. The summed E-state index contributed by atoms with van der Waals surface area (Å²) in [7, 11) is 1.49. The van der Waals surface area contributed by atoms with Gasteiger partial charge in [-0.15, -0.1) is 0 Å². The molecule has 15 heavy (non-hydrogen) atoms. The highest BCUT2D eigenvalue weighted by molar-refractivity contribution is 5.84. The largest absolute Gasteiger partial charge is 0.530 e. The van der Waals surface area contributed by atoms with Crippen LogP contribution in [0.15, 0.2) is 18.2 Å². The molecule has 1 aromatic rings. The highest BCUT2D eigenvalue weighted by Gasteiger charge is 2.06. The summed E-state index contributed by atoms with van der Waals surface area (Å²) in [5.74, 6) is 0.388. The summed E-state index contributed by atoms with van der Waals surface area (Å²) in [4.78, 5) is 11.8. The number of rotatable bonds is 2. The molecule has 82 valence electrons. The predicted octanol–water partition coefficient (Wildman–Crippen LogP) is 1.90. The minimum atomic E-state index is -1.18. The molecule has 0 atom stereocenters. The van der Waals surface area contributed by atoms with Crippen LogP contribution in [0.2, 0.25) is 0 Å². The van der Waals surface area contributed by atoms with Gasteiger partial charge in [0.25, 0.3) is 0 Å². The van der Waals surface area contributed by atoms with Gasteiger partial charge in [-0.2, -0.15) is 0 Å². The highest BCUT2D eigenvalue weighted by Crippen LogP contribution is 2.23. The molecule has 0 saturated heterocycles. The number of carbonyl (C=O) groups excluding carboxylic acids is 1. The van der Waals surface area contributed by atoms with Crippen LogP contribution in [-0.2, 0) is 0 Å². The van der Waals surface area contributed by atoms with Crippen molar-refractivity contribution < 1.29 is 9.90 Å². The fourth-order valence-corrected chi connectivity index (χ4v) is 1.42. The lowest BCUT2D eigenvalue weighted by Crippen LogP contribution is -2.38. The maximum absolute atomic E-state index is 10.7. The summed E-state index contributed by atoms with van der Waals surface area (Å²) >= 11 is 0. The molecule has 1 rings (SSSR count). The van der Waals surface area contributed by atoms with Crippen molar-refractivity contribution in [3.8, 4) is 0 Å². The molecular weight excluding hydrogens is 190 g/mol. The van der Waals surface area contributed by atoms with Crippen molar-refractivity contribution in [2.75, 3.05) is 11.9 Å². The number of carboxylic acid groups (broad SMARTS) is 1. The van der Waals surface area contributed by atoms with Crippen molar-refractivity contribution in [1.29, 1.82) is 0 Å². The van der Waals surface area contributed by atoms with Crippen molar-refractivity contribution >= 4 is 11.8 Å². The van der Waals surface area contributed by atoms with Crippen LogP contribution in [0.25, 0.3) is 0 Å². The molecule has 0 saturated carbocycles. The van der Waals surface area contributed by atoms with Gasteiger partial charge in [0.05, 0.1) is 0 Å². The molecule has 1 aromatic carbocycles. The smallest absolute Gasteiger partial charge is 0.141 e. The van der Waals surface area contributed by atoms with E-state index in [2.05, 4.69) is 19.9 Å². The quantitative estimate of drug-likeness (QED) is 0.741. The Balaban J connectivity index is 3.14. The van der Waals surface area contributed by atoms with Crippen molar-refractivity contribution in [3.05, 3.63) is 29.3 Å². The first-order chi connectivity index (χ1) is 6.91. The number of hydrogen-bond donors (Lipinski definition) is 0. The lowest BCUT2D eigenvalue weighted by molar-refractivity contribution is -0.246. The van der Waals surface area contributed by atoms with Crippen LogP contribution in [-0.4, -0.2) is 13.1 Å². The minimum Gasteiger partial charge on any atom is -0.530 e. The first-order valence-corrected chi connectivity index (χ1v) is 4.98. The van der Waals surface area contributed by atoms with Crippen LogP contribution in [0, 0.1) is 6.92 Å². The summed E-state index contributed by atoms with van der Waals surface area (Å²) < 4.78 is 0. The van der Waals surface area contributed by atoms with Crippen molar-refractivity contribution in [2.45, 2.75) is 26.7 Å². The van der Waals surface area contributed by atoms with Gasteiger partial charge < -0.3 is 14.8 Å². The Morgan fingerprint density at radius 1 is 1.33 bits per heavy atom. The SMILES string of the molecule is Cc1cc(C(C)C)cc(N(C)C(=O)[O-])c1. The summed E-state index contributed by atoms with van der Waals surface area (Å²) in [6.45, 7) is 6.12. The van der Waals surface area contributed by atoms with Crippen LogP contribution >= 0.6 is 0 Å². The number of amides is 1. The highest BCUT2D eigenvalue weighted by atomic mass is 16.4. The Morgan fingerprint density at radius 3 is 2.40 bits per heavy atom. The minimum absolute atomic E-state index is 0.388. The van der Waals surface area contributed by atoms with E-state index in [9.17, 15) is 9.90 Å². The maximum Gasteiger partial charge on any atom is 0.141 e. The molecule has 0 aliphatic carbocycles. The van der Waals surface area contributed by atoms with Gasteiger partial charge in [-0.05, 0) is 36.1 Å². The van der Waals surface area contributed by atoms with Crippen LogP contribution in [0.1, 0.15) is 30.9 Å². The van der Waals surface area contributed by atoms with Crippen LogP contribution in [0.3, 0.4) is 0 Å². The van der Waals surface area contributed by atoms with Crippen molar-refractivity contribution in [3.63, 3.8) is 0 Å². The topological polar surface area (TPSA) is 43.4 Å². The van der Waals surface area contributed by atoms with Crippen LogP contribution in [0.5, 0.6) is 0 Å². The molecule has 0 radical (unpaired) electrons. The average Bonchev–Trinajstić information content (AvgIpc) is 2.15. The van der Waals surface area contributed by atoms with Gasteiger partial charge in [-0.25, -0.2) is 0 Å². The van der Waals surface area contributed by atoms with Gasteiger partial charge in [0.2, 0.25) is 0 Å². The van der Waals surface area contributed by atoms with E-state index in [4.69, 9.17) is 0 Å². The lowest BCUT2D eigenvalue weighted by atomic mass is 10.00. The molecule has 0 heterocycles. The third kappa shape index (κ3) is 2.72. The summed E-state index contributed by atoms with van der Waals surface area (Å²) in [6.07, 6.45) is -1.18. The standard InChI is InChI=1S/C12H17NO2/c1-8(2)10-5-9(3)6-11(7-10)13(4)12(14)15/h5-8H,1-4H3,(H,14,15)/p-1. The normalized spacial score (nSPS) is 10.5. The summed E-state index contributed by atoms with van der Waals surface area (Å²) in [5.41, 5.74) is 2.86. The van der Waals surface area contributed by atoms with E-state index < -0.39 is 6.09 Å². The zero-order valence-electron chi connectivity index (χ0n) is 9.57. The molecule has 3 nitrogen and oxygen atoms in total. The predicted molar refractivity (Wildman–Crippen MR) is 59.1 cm³/mol. The Labute approximate surface area is 90.3 Å². The lowest BCUT2D eigenvalue weighted by Gasteiger charge is -2.21. The third-order valence-electron chi connectivity index (χ3n) is 2.41. The molecule has 0 fully saturated rings. The number of carbonyl (C=O) groups is 1. The van der Waals surface area contributed by atoms with E-state index in [1.165, 1.54) is 7.05 Å². The summed E-state index contributed by atoms with van der Waals surface area (Å²) in [6, 6.07) is 5.78. The fraction of sp³-hybridized carbons (Fsp3) is 0.417. The Kier molecular flexibility index (Phi) is 3.35. The number of nitrogens with zero attached hydrogens (tertiary/aromatic N) is 1. The van der Waals surface area contributed by atoms with Gasteiger partial charge in [0.1, 0.15) is 6.09 Å². The summed E-state index contributed by atoms with van der Waals surface area (Å²) in [5, 5.41) is 10.7. The molecular formula is C12H16NO2-. The van der Waals surface area contributed by atoms with E-state index in [1.54, 1.807) is 0 Å². The van der Waals surface area contributed by atoms with Crippen LogP contribution in [0.4, 0.5) is 10.5 Å². The second-order valence-electron chi connectivity index (χ2n) is 4.08. The van der Waals surface area contributed by atoms with Gasteiger partial charge in [0.15, 0.2) is 0 Å². The number of hydrogen-bond acceptors (Lipinski definition) is 2. The molecule has 1 amide bonds. The van der Waals surface area contributed by atoms with E-state index in [0.29, 0.717) is 11.6 Å². The fourth-order valence-electron chi connectivity index (χ4n) is 1.42. The van der Waals surface area contributed by atoms with Crippen LogP contribution < -0.4 is 10.0 Å². The second kappa shape index (κ2) is 4.34. The van der Waals surface area contributed by atoms with E-state index >= 15 is 0 Å². The van der Waals surface area contributed by atoms with E-state index in [1.807, 2.05) is 19.1 Å².